The van der Waals surface area contributed by atoms with Crippen LogP contribution in [0, 0.1) is 3.95 Å². The first-order valence-electron chi connectivity index (χ1n) is 2.91. The van der Waals surface area contributed by atoms with Gasteiger partial charge in [0, 0.05) is 0 Å². The molecule has 0 spiro atoms. The number of fused-ring (bicyclic) bond motifs is 1. The van der Waals surface area contributed by atoms with Crippen LogP contribution in [0.25, 0.3) is 10.3 Å². The molecule has 11 heavy (non-hydrogen) atoms. The molecule has 0 atom stereocenters. The highest BCUT2D eigenvalue weighted by Gasteiger charge is 1.97. The number of aromatic amines is 1. The molecule has 2 nitrogen and oxygen atoms in total. The normalized spacial score (nSPS) is 10.6. The lowest BCUT2D eigenvalue weighted by Gasteiger charge is -1.87. The molecule has 0 radical (unpaired) electrons. The van der Waals surface area contributed by atoms with Crippen molar-refractivity contribution >= 4 is 49.8 Å². The summed E-state index contributed by atoms with van der Waals surface area (Å²) in [6, 6.07) is 3.85. The van der Waals surface area contributed by atoms with Crippen molar-refractivity contribution in [3.05, 3.63) is 20.7 Å². The van der Waals surface area contributed by atoms with E-state index in [4.69, 9.17) is 12.2 Å². The maximum atomic E-state index is 4.96. The first-order chi connectivity index (χ1) is 5.25. The van der Waals surface area contributed by atoms with Crippen molar-refractivity contribution < 1.29 is 0 Å². The highest BCUT2D eigenvalue weighted by molar-refractivity contribution is 9.10. The standard InChI is InChI=1S/C6H3BrN2S2/c7-4-2-1-3-5(9-4)11-6(10)8-3/h1-2H,(H,8,10). The summed E-state index contributed by atoms with van der Waals surface area (Å²) in [7, 11) is 0. The van der Waals surface area contributed by atoms with Crippen molar-refractivity contribution in [3.63, 3.8) is 0 Å². The Balaban J connectivity index is 2.92. The minimum Gasteiger partial charge on any atom is -0.336 e. The second-order valence-corrected chi connectivity index (χ2v) is 4.48. The van der Waals surface area contributed by atoms with E-state index in [0.717, 1.165) is 18.9 Å². The fraction of sp³-hybridized carbons (Fsp3) is 0. The smallest absolute Gasteiger partial charge is 0.160 e. The van der Waals surface area contributed by atoms with Gasteiger partial charge in [0.1, 0.15) is 9.43 Å². The second-order valence-electron chi connectivity index (χ2n) is 2.00. The van der Waals surface area contributed by atoms with Gasteiger partial charge in [-0.3, -0.25) is 0 Å². The summed E-state index contributed by atoms with van der Waals surface area (Å²) < 4.78 is 1.61. The molecule has 0 aromatic carbocycles. The van der Waals surface area contributed by atoms with Crippen molar-refractivity contribution in [2.24, 2.45) is 0 Å². The van der Waals surface area contributed by atoms with Crippen molar-refractivity contribution in [2.45, 2.75) is 0 Å². The highest BCUT2D eigenvalue weighted by atomic mass is 79.9. The van der Waals surface area contributed by atoms with Gasteiger partial charge in [0.25, 0.3) is 0 Å². The van der Waals surface area contributed by atoms with Gasteiger partial charge in [0.15, 0.2) is 3.95 Å². The van der Waals surface area contributed by atoms with Crippen LogP contribution in [-0.4, -0.2) is 9.97 Å². The van der Waals surface area contributed by atoms with E-state index in [1.165, 1.54) is 11.3 Å². The van der Waals surface area contributed by atoms with Crippen molar-refractivity contribution in [2.75, 3.05) is 0 Å². The van der Waals surface area contributed by atoms with Gasteiger partial charge in [-0.15, -0.1) is 0 Å². The number of thiazole rings is 1. The number of aromatic nitrogens is 2. The number of hydrogen-bond donors (Lipinski definition) is 1. The van der Waals surface area contributed by atoms with Crippen LogP contribution in [-0.2, 0) is 0 Å². The number of rotatable bonds is 0. The van der Waals surface area contributed by atoms with Crippen LogP contribution in [0.3, 0.4) is 0 Å². The van der Waals surface area contributed by atoms with E-state index in [1.807, 2.05) is 12.1 Å². The largest absolute Gasteiger partial charge is 0.336 e. The quantitative estimate of drug-likeness (QED) is 0.572. The molecule has 0 aliphatic rings. The molecule has 2 rings (SSSR count). The first-order valence-corrected chi connectivity index (χ1v) is 4.93. The second kappa shape index (κ2) is 2.66. The SMILES string of the molecule is S=c1[nH]c2ccc(Br)nc2s1. The molecule has 0 saturated carbocycles. The molecular formula is C6H3BrN2S2. The minimum absolute atomic E-state index is 0.769. The molecule has 2 aromatic heterocycles. The zero-order valence-corrected chi connectivity index (χ0v) is 8.52. The summed E-state index contributed by atoms with van der Waals surface area (Å²) in [5.74, 6) is 0. The molecule has 0 unspecified atom stereocenters. The molecule has 56 valence electrons. The zero-order chi connectivity index (χ0) is 7.84. The number of pyridine rings is 1. The zero-order valence-electron chi connectivity index (χ0n) is 5.30. The van der Waals surface area contributed by atoms with Gasteiger partial charge >= 0.3 is 0 Å². The Hall–Kier alpha value is -0.260. The average molecular weight is 247 g/mol. The highest BCUT2D eigenvalue weighted by Crippen LogP contribution is 2.19. The third kappa shape index (κ3) is 1.36. The fourth-order valence-corrected chi connectivity index (χ4v) is 2.30. The van der Waals surface area contributed by atoms with Crippen LogP contribution in [0.2, 0.25) is 0 Å². The Bertz CT molecular complexity index is 445. The number of nitrogens with zero attached hydrogens (tertiary/aromatic N) is 1. The first kappa shape index (κ1) is 7.39. The number of H-pyrrole nitrogens is 1. The van der Waals surface area contributed by atoms with E-state index >= 15 is 0 Å². The van der Waals surface area contributed by atoms with E-state index < -0.39 is 0 Å². The molecular weight excluding hydrogens is 244 g/mol. The Kier molecular flexibility index (Phi) is 1.78. The minimum atomic E-state index is 0.769. The molecule has 0 bridgehead atoms. The van der Waals surface area contributed by atoms with Gasteiger partial charge in [-0.25, -0.2) is 4.98 Å². The lowest BCUT2D eigenvalue weighted by molar-refractivity contribution is 1.35. The van der Waals surface area contributed by atoms with E-state index in [0.29, 0.717) is 0 Å². The summed E-state index contributed by atoms with van der Waals surface area (Å²) in [6.07, 6.45) is 0. The monoisotopic (exact) mass is 246 g/mol. The number of halogens is 1. The molecule has 1 N–H and O–H groups in total. The van der Waals surface area contributed by atoms with Crippen molar-refractivity contribution in [1.29, 1.82) is 0 Å². The predicted molar refractivity (Wildman–Crippen MR) is 52.5 cm³/mol. The van der Waals surface area contributed by atoms with Crippen LogP contribution < -0.4 is 0 Å². The van der Waals surface area contributed by atoms with Gasteiger partial charge in [0.05, 0.1) is 5.52 Å². The molecule has 2 heterocycles. The van der Waals surface area contributed by atoms with Crippen LogP contribution in [0.15, 0.2) is 16.7 Å². The average Bonchev–Trinajstić information content (AvgIpc) is 2.27. The summed E-state index contributed by atoms with van der Waals surface area (Å²) in [5.41, 5.74) is 1.00. The predicted octanol–water partition coefficient (Wildman–Crippen LogP) is 3.12. The number of hydrogen-bond acceptors (Lipinski definition) is 3. The van der Waals surface area contributed by atoms with Crippen molar-refractivity contribution in [1.82, 2.24) is 9.97 Å². The van der Waals surface area contributed by atoms with E-state index in [1.54, 1.807) is 0 Å². The molecule has 0 aliphatic carbocycles. The van der Waals surface area contributed by atoms with Crippen molar-refractivity contribution in [3.8, 4) is 0 Å². The van der Waals surface area contributed by atoms with E-state index in [2.05, 4.69) is 25.9 Å². The molecule has 2 aromatic rings. The molecule has 0 fully saturated rings. The topological polar surface area (TPSA) is 28.7 Å². The Morgan fingerprint density at radius 2 is 2.36 bits per heavy atom. The molecule has 0 aliphatic heterocycles. The molecule has 0 saturated heterocycles. The van der Waals surface area contributed by atoms with E-state index in [-0.39, 0.29) is 0 Å². The van der Waals surface area contributed by atoms with Crippen LogP contribution in [0.4, 0.5) is 0 Å². The Labute approximate surface area is 80.4 Å². The Morgan fingerprint density at radius 1 is 1.55 bits per heavy atom. The van der Waals surface area contributed by atoms with Gasteiger partial charge in [-0.2, -0.15) is 0 Å². The van der Waals surface area contributed by atoms with Gasteiger partial charge in [0.2, 0.25) is 0 Å². The van der Waals surface area contributed by atoms with Crippen LogP contribution in [0.1, 0.15) is 0 Å². The van der Waals surface area contributed by atoms with Crippen LogP contribution >= 0.6 is 39.5 Å². The van der Waals surface area contributed by atoms with Crippen LogP contribution in [0.5, 0.6) is 0 Å². The lowest BCUT2D eigenvalue weighted by Crippen LogP contribution is -1.73. The summed E-state index contributed by atoms with van der Waals surface area (Å²) in [6.45, 7) is 0. The maximum Gasteiger partial charge on any atom is 0.160 e. The molecule has 5 heteroatoms. The summed E-state index contributed by atoms with van der Waals surface area (Å²) in [5, 5.41) is 0. The van der Waals surface area contributed by atoms with Gasteiger partial charge in [-0.1, -0.05) is 11.3 Å². The number of nitrogens with one attached hydrogen (secondary N) is 1. The van der Waals surface area contributed by atoms with Gasteiger partial charge in [-0.05, 0) is 40.3 Å². The third-order valence-corrected chi connectivity index (χ3v) is 2.84. The third-order valence-electron chi connectivity index (χ3n) is 1.25. The van der Waals surface area contributed by atoms with Gasteiger partial charge < -0.3 is 4.98 Å². The summed E-state index contributed by atoms with van der Waals surface area (Å²) in [4.78, 5) is 8.22. The molecule has 0 amide bonds. The summed E-state index contributed by atoms with van der Waals surface area (Å²) >= 11 is 9.74. The Morgan fingerprint density at radius 3 is 3.18 bits per heavy atom. The lowest BCUT2D eigenvalue weighted by atomic mass is 10.5. The maximum absolute atomic E-state index is 4.96. The fourth-order valence-electron chi connectivity index (χ4n) is 0.814. The van der Waals surface area contributed by atoms with E-state index in [9.17, 15) is 0 Å².